The number of carbonyl (C=O) groups excluding carboxylic acids is 1. The van der Waals surface area contributed by atoms with Crippen molar-refractivity contribution in [3.8, 4) is 0 Å². The Labute approximate surface area is 137 Å². The van der Waals surface area contributed by atoms with Crippen LogP contribution in [0.15, 0.2) is 18.6 Å². The SMILES string of the molecule is CC(C)(C)OC(=O)N1C2CCC1CC(NCc1ccncn1)C2. The Morgan fingerprint density at radius 3 is 2.61 bits per heavy atom. The fourth-order valence-corrected chi connectivity index (χ4v) is 3.63. The first-order chi connectivity index (χ1) is 10.9. The predicted molar refractivity (Wildman–Crippen MR) is 86.8 cm³/mol. The lowest BCUT2D eigenvalue weighted by Crippen LogP contribution is -2.52. The van der Waals surface area contributed by atoms with Gasteiger partial charge >= 0.3 is 6.09 Å². The van der Waals surface area contributed by atoms with Gasteiger partial charge in [-0.2, -0.15) is 0 Å². The normalized spacial score (nSPS) is 27.1. The van der Waals surface area contributed by atoms with Crippen LogP contribution >= 0.6 is 0 Å². The summed E-state index contributed by atoms with van der Waals surface area (Å²) in [5.41, 5.74) is 0.570. The first-order valence-corrected chi connectivity index (χ1v) is 8.42. The second kappa shape index (κ2) is 6.43. The van der Waals surface area contributed by atoms with Gasteiger partial charge in [0.1, 0.15) is 11.9 Å². The van der Waals surface area contributed by atoms with Crippen LogP contribution in [-0.4, -0.2) is 44.7 Å². The Morgan fingerprint density at radius 2 is 2.04 bits per heavy atom. The van der Waals surface area contributed by atoms with Crippen molar-refractivity contribution in [3.05, 3.63) is 24.3 Å². The smallest absolute Gasteiger partial charge is 0.410 e. The van der Waals surface area contributed by atoms with E-state index in [2.05, 4.69) is 15.3 Å². The number of piperidine rings is 1. The lowest BCUT2D eigenvalue weighted by atomic mass is 9.97. The highest BCUT2D eigenvalue weighted by atomic mass is 16.6. The van der Waals surface area contributed by atoms with Crippen molar-refractivity contribution in [2.75, 3.05) is 0 Å². The quantitative estimate of drug-likeness (QED) is 0.927. The summed E-state index contributed by atoms with van der Waals surface area (Å²) >= 11 is 0. The van der Waals surface area contributed by atoms with Gasteiger partial charge in [-0.25, -0.2) is 14.8 Å². The summed E-state index contributed by atoms with van der Waals surface area (Å²) in [6, 6.07) is 2.96. The number of hydrogen-bond donors (Lipinski definition) is 1. The minimum atomic E-state index is -0.432. The first-order valence-electron chi connectivity index (χ1n) is 8.42. The molecule has 3 heterocycles. The lowest BCUT2D eigenvalue weighted by molar-refractivity contribution is 0.00464. The number of nitrogens with one attached hydrogen (secondary N) is 1. The molecule has 6 heteroatoms. The van der Waals surface area contributed by atoms with Crippen molar-refractivity contribution >= 4 is 6.09 Å². The van der Waals surface area contributed by atoms with Crippen LogP contribution in [0.3, 0.4) is 0 Å². The van der Waals surface area contributed by atoms with Crippen molar-refractivity contribution in [1.82, 2.24) is 20.2 Å². The molecule has 6 nitrogen and oxygen atoms in total. The van der Waals surface area contributed by atoms with Crippen LogP contribution in [0.2, 0.25) is 0 Å². The average molecular weight is 318 g/mol. The summed E-state index contributed by atoms with van der Waals surface area (Å²) in [5.74, 6) is 0. The molecule has 2 fully saturated rings. The molecule has 0 saturated carbocycles. The maximum absolute atomic E-state index is 12.4. The number of aromatic nitrogens is 2. The molecule has 0 aromatic carbocycles. The van der Waals surface area contributed by atoms with E-state index in [4.69, 9.17) is 4.74 Å². The van der Waals surface area contributed by atoms with Crippen LogP contribution in [0.25, 0.3) is 0 Å². The summed E-state index contributed by atoms with van der Waals surface area (Å²) < 4.78 is 5.57. The van der Waals surface area contributed by atoms with Crippen molar-refractivity contribution < 1.29 is 9.53 Å². The van der Waals surface area contributed by atoms with Gasteiger partial charge in [-0.3, -0.25) is 0 Å². The molecule has 1 aromatic rings. The number of fused-ring (bicyclic) bond motifs is 2. The van der Waals surface area contributed by atoms with Gasteiger partial charge in [-0.1, -0.05) is 0 Å². The summed E-state index contributed by atoms with van der Waals surface area (Å²) in [6.45, 7) is 6.51. The molecular weight excluding hydrogens is 292 g/mol. The summed E-state index contributed by atoms with van der Waals surface area (Å²) in [6.07, 6.45) is 7.32. The number of ether oxygens (including phenoxy) is 1. The van der Waals surface area contributed by atoms with E-state index in [0.717, 1.165) is 37.9 Å². The third kappa shape index (κ3) is 3.99. The molecule has 2 aliphatic heterocycles. The van der Waals surface area contributed by atoms with Crippen LogP contribution in [0.4, 0.5) is 4.79 Å². The van der Waals surface area contributed by atoms with Gasteiger partial charge in [0.25, 0.3) is 0 Å². The highest BCUT2D eigenvalue weighted by Crippen LogP contribution is 2.36. The second-order valence-corrected chi connectivity index (χ2v) is 7.52. The lowest BCUT2D eigenvalue weighted by Gasteiger charge is -2.39. The minimum absolute atomic E-state index is 0.153. The molecule has 3 rings (SSSR count). The average Bonchev–Trinajstić information content (AvgIpc) is 2.76. The molecule has 1 amide bonds. The molecule has 1 N–H and O–H groups in total. The Bertz CT molecular complexity index is 529. The van der Waals surface area contributed by atoms with E-state index in [1.807, 2.05) is 31.7 Å². The zero-order chi connectivity index (χ0) is 16.4. The fourth-order valence-electron chi connectivity index (χ4n) is 3.63. The van der Waals surface area contributed by atoms with Crippen LogP contribution < -0.4 is 5.32 Å². The van der Waals surface area contributed by atoms with Gasteiger partial charge in [0.15, 0.2) is 0 Å². The summed E-state index contributed by atoms with van der Waals surface area (Å²) in [7, 11) is 0. The summed E-state index contributed by atoms with van der Waals surface area (Å²) in [5, 5.41) is 3.58. The molecule has 0 aliphatic carbocycles. The van der Waals surface area contributed by atoms with Gasteiger partial charge in [0.05, 0.1) is 5.69 Å². The number of amides is 1. The first kappa shape index (κ1) is 16.2. The molecular formula is C17H26N4O2. The summed E-state index contributed by atoms with van der Waals surface area (Å²) in [4.78, 5) is 22.6. The van der Waals surface area contributed by atoms with Gasteiger partial charge in [0, 0.05) is 30.9 Å². The van der Waals surface area contributed by atoms with E-state index in [9.17, 15) is 4.79 Å². The van der Waals surface area contributed by atoms with Crippen molar-refractivity contribution in [3.63, 3.8) is 0 Å². The van der Waals surface area contributed by atoms with E-state index < -0.39 is 5.60 Å². The molecule has 2 bridgehead atoms. The number of carbonyl (C=O) groups is 1. The largest absolute Gasteiger partial charge is 0.444 e. The molecule has 23 heavy (non-hydrogen) atoms. The molecule has 2 aliphatic rings. The third-order valence-corrected chi connectivity index (χ3v) is 4.55. The van der Waals surface area contributed by atoms with E-state index in [0.29, 0.717) is 18.1 Å². The van der Waals surface area contributed by atoms with Gasteiger partial charge in [0.2, 0.25) is 0 Å². The van der Waals surface area contributed by atoms with Crippen molar-refractivity contribution in [2.45, 2.75) is 76.7 Å². The third-order valence-electron chi connectivity index (χ3n) is 4.55. The number of rotatable bonds is 3. The van der Waals surface area contributed by atoms with Crippen LogP contribution in [0.1, 0.15) is 52.1 Å². The molecule has 126 valence electrons. The second-order valence-electron chi connectivity index (χ2n) is 7.52. The van der Waals surface area contributed by atoms with Crippen LogP contribution in [0, 0.1) is 0 Å². The Hall–Kier alpha value is -1.69. The molecule has 2 saturated heterocycles. The zero-order valence-corrected chi connectivity index (χ0v) is 14.2. The maximum Gasteiger partial charge on any atom is 0.410 e. The highest BCUT2D eigenvalue weighted by molar-refractivity contribution is 5.69. The van der Waals surface area contributed by atoms with E-state index in [-0.39, 0.29) is 6.09 Å². The molecule has 2 unspecified atom stereocenters. The Balaban J connectivity index is 1.55. The molecule has 2 atom stereocenters. The number of hydrogen-bond acceptors (Lipinski definition) is 5. The standard InChI is InChI=1S/C17H26N4O2/c1-17(2,3)23-16(22)21-14-4-5-15(21)9-13(8-14)19-10-12-6-7-18-11-20-12/h6-7,11,13-15,19H,4-5,8-10H2,1-3H3. The van der Waals surface area contributed by atoms with E-state index >= 15 is 0 Å². The molecule has 0 radical (unpaired) electrons. The Morgan fingerprint density at radius 1 is 1.35 bits per heavy atom. The van der Waals surface area contributed by atoms with Crippen molar-refractivity contribution in [2.24, 2.45) is 0 Å². The zero-order valence-electron chi connectivity index (χ0n) is 14.2. The monoisotopic (exact) mass is 318 g/mol. The minimum Gasteiger partial charge on any atom is -0.444 e. The van der Waals surface area contributed by atoms with Gasteiger partial charge in [-0.05, 0) is 52.5 Å². The van der Waals surface area contributed by atoms with E-state index in [1.165, 1.54) is 0 Å². The predicted octanol–water partition coefficient (Wildman–Crippen LogP) is 2.50. The van der Waals surface area contributed by atoms with Crippen molar-refractivity contribution in [1.29, 1.82) is 0 Å². The van der Waals surface area contributed by atoms with E-state index in [1.54, 1.807) is 12.5 Å². The molecule has 0 spiro atoms. The van der Waals surface area contributed by atoms with Crippen LogP contribution in [-0.2, 0) is 11.3 Å². The van der Waals surface area contributed by atoms with Gasteiger partial charge in [-0.15, -0.1) is 0 Å². The Kier molecular flexibility index (Phi) is 4.53. The number of nitrogens with zero attached hydrogens (tertiary/aromatic N) is 3. The highest BCUT2D eigenvalue weighted by Gasteiger charge is 2.44. The van der Waals surface area contributed by atoms with Gasteiger partial charge < -0.3 is 15.0 Å². The maximum atomic E-state index is 12.4. The van der Waals surface area contributed by atoms with Crippen LogP contribution in [0.5, 0.6) is 0 Å². The topological polar surface area (TPSA) is 67.3 Å². The molecule has 1 aromatic heterocycles. The fraction of sp³-hybridized carbons (Fsp3) is 0.706.